The van der Waals surface area contributed by atoms with Crippen molar-refractivity contribution in [2.75, 3.05) is 26.4 Å². The molecule has 7 nitrogen and oxygen atoms in total. The number of carbonyl (C=O) groups is 2. The van der Waals surface area contributed by atoms with Gasteiger partial charge >= 0.3 is 0 Å². The van der Waals surface area contributed by atoms with Crippen LogP contribution in [-0.2, 0) is 23.8 Å². The minimum atomic E-state index is -0.303. The fraction of sp³-hybridized carbons (Fsp3) is 0.789. The number of amides is 2. The van der Waals surface area contributed by atoms with Crippen LogP contribution in [0, 0.1) is 5.92 Å². The SMILES string of the molecule is CC(C)OCCC(=O)NC(CNC(=O)C1=COCCO1)C1CCCCC1. The number of hydrogen-bond acceptors (Lipinski definition) is 5. The molecule has 2 N–H and O–H groups in total. The molecule has 1 atom stereocenters. The van der Waals surface area contributed by atoms with Gasteiger partial charge in [-0.2, -0.15) is 0 Å². The zero-order valence-corrected chi connectivity index (χ0v) is 15.9. The van der Waals surface area contributed by atoms with Crippen molar-refractivity contribution >= 4 is 11.8 Å². The van der Waals surface area contributed by atoms with Gasteiger partial charge < -0.3 is 24.8 Å². The lowest BCUT2D eigenvalue weighted by atomic mass is 9.83. The van der Waals surface area contributed by atoms with Crippen LogP contribution < -0.4 is 10.6 Å². The van der Waals surface area contributed by atoms with Crippen molar-refractivity contribution in [1.82, 2.24) is 10.6 Å². The second-order valence-corrected chi connectivity index (χ2v) is 7.15. The van der Waals surface area contributed by atoms with E-state index in [4.69, 9.17) is 14.2 Å². The Balaban J connectivity index is 1.85. The van der Waals surface area contributed by atoms with E-state index in [1.807, 2.05) is 13.8 Å². The number of ether oxygens (including phenoxy) is 3. The number of carbonyl (C=O) groups excluding carboxylic acids is 2. The molecule has 2 amide bonds. The van der Waals surface area contributed by atoms with E-state index in [0.717, 1.165) is 12.8 Å². The highest BCUT2D eigenvalue weighted by Crippen LogP contribution is 2.26. The molecule has 2 aliphatic rings. The van der Waals surface area contributed by atoms with Gasteiger partial charge in [0.25, 0.3) is 5.91 Å². The van der Waals surface area contributed by atoms with Crippen LogP contribution in [0.4, 0.5) is 0 Å². The van der Waals surface area contributed by atoms with Crippen molar-refractivity contribution in [1.29, 1.82) is 0 Å². The van der Waals surface area contributed by atoms with Crippen molar-refractivity contribution in [3.63, 3.8) is 0 Å². The van der Waals surface area contributed by atoms with Gasteiger partial charge in [-0.25, -0.2) is 0 Å². The molecule has 0 aromatic rings. The molecule has 1 fully saturated rings. The Morgan fingerprint density at radius 2 is 2.00 bits per heavy atom. The van der Waals surface area contributed by atoms with Crippen molar-refractivity contribution < 1.29 is 23.8 Å². The molecule has 0 spiro atoms. The topological polar surface area (TPSA) is 85.9 Å². The zero-order valence-electron chi connectivity index (χ0n) is 15.9. The first kappa shape index (κ1) is 20.6. The van der Waals surface area contributed by atoms with E-state index < -0.39 is 0 Å². The van der Waals surface area contributed by atoms with E-state index in [9.17, 15) is 9.59 Å². The number of hydrogen-bond donors (Lipinski definition) is 2. The highest BCUT2D eigenvalue weighted by molar-refractivity contribution is 5.91. The molecule has 0 aromatic heterocycles. The molecule has 1 heterocycles. The summed E-state index contributed by atoms with van der Waals surface area (Å²) >= 11 is 0. The van der Waals surface area contributed by atoms with E-state index in [1.54, 1.807) is 0 Å². The van der Waals surface area contributed by atoms with Gasteiger partial charge in [-0.15, -0.1) is 0 Å². The van der Waals surface area contributed by atoms with Crippen LogP contribution in [0.3, 0.4) is 0 Å². The minimum absolute atomic E-state index is 0.0352. The maximum Gasteiger partial charge on any atom is 0.289 e. The Morgan fingerprint density at radius 3 is 2.65 bits per heavy atom. The van der Waals surface area contributed by atoms with Crippen LogP contribution in [0.2, 0.25) is 0 Å². The molecular formula is C19H32N2O5. The third-order valence-electron chi connectivity index (χ3n) is 4.70. The lowest BCUT2D eigenvalue weighted by Crippen LogP contribution is -2.49. The highest BCUT2D eigenvalue weighted by atomic mass is 16.6. The average Bonchev–Trinajstić information content (AvgIpc) is 2.66. The van der Waals surface area contributed by atoms with Crippen molar-refractivity contribution in [3.8, 4) is 0 Å². The number of rotatable bonds is 9. The summed E-state index contributed by atoms with van der Waals surface area (Å²) < 4.78 is 15.9. The Labute approximate surface area is 155 Å². The predicted octanol–water partition coefficient (Wildman–Crippen LogP) is 1.87. The predicted molar refractivity (Wildman–Crippen MR) is 97.2 cm³/mol. The molecule has 1 aliphatic carbocycles. The Hall–Kier alpha value is -1.76. The Kier molecular flexibility index (Phi) is 8.74. The molecule has 1 unspecified atom stereocenters. The smallest absolute Gasteiger partial charge is 0.289 e. The molecule has 26 heavy (non-hydrogen) atoms. The summed E-state index contributed by atoms with van der Waals surface area (Å²) in [4.78, 5) is 24.5. The van der Waals surface area contributed by atoms with Gasteiger partial charge in [-0.05, 0) is 32.6 Å². The Morgan fingerprint density at radius 1 is 1.23 bits per heavy atom. The highest BCUT2D eigenvalue weighted by Gasteiger charge is 2.26. The molecule has 2 rings (SSSR count). The van der Waals surface area contributed by atoms with E-state index in [0.29, 0.717) is 38.7 Å². The van der Waals surface area contributed by atoms with Gasteiger partial charge in [-0.1, -0.05) is 19.3 Å². The minimum Gasteiger partial charge on any atom is -0.494 e. The lowest BCUT2D eigenvalue weighted by Gasteiger charge is -2.31. The van der Waals surface area contributed by atoms with Crippen molar-refractivity contribution in [2.45, 2.75) is 64.5 Å². The Bertz CT molecular complexity index is 486. The molecule has 0 radical (unpaired) electrons. The van der Waals surface area contributed by atoms with Crippen LogP contribution in [0.5, 0.6) is 0 Å². The normalized spacial score (nSPS) is 19.1. The van der Waals surface area contributed by atoms with Crippen LogP contribution in [-0.4, -0.2) is 50.3 Å². The molecule has 7 heteroatoms. The van der Waals surface area contributed by atoms with E-state index in [2.05, 4.69) is 10.6 Å². The molecule has 1 aliphatic heterocycles. The molecule has 1 saturated carbocycles. The van der Waals surface area contributed by atoms with Gasteiger partial charge in [-0.3, -0.25) is 9.59 Å². The standard InChI is InChI=1S/C19H32N2O5/c1-14(2)25-9-8-18(22)21-16(15-6-4-3-5-7-15)12-20-19(23)17-13-24-10-11-26-17/h13-16H,3-12H2,1-2H3,(H,20,23)(H,21,22). The monoisotopic (exact) mass is 368 g/mol. The molecule has 0 aromatic carbocycles. The summed E-state index contributed by atoms with van der Waals surface area (Å²) in [5.41, 5.74) is 0. The number of nitrogens with one attached hydrogen (secondary N) is 2. The fourth-order valence-corrected chi connectivity index (χ4v) is 3.32. The van der Waals surface area contributed by atoms with Crippen LogP contribution >= 0.6 is 0 Å². The van der Waals surface area contributed by atoms with Gasteiger partial charge in [0.15, 0.2) is 0 Å². The van der Waals surface area contributed by atoms with Gasteiger partial charge in [0.1, 0.15) is 19.5 Å². The largest absolute Gasteiger partial charge is 0.494 e. The quantitative estimate of drug-likeness (QED) is 0.649. The molecule has 148 valence electrons. The molecule has 0 saturated heterocycles. The fourth-order valence-electron chi connectivity index (χ4n) is 3.32. The van der Waals surface area contributed by atoms with E-state index in [1.165, 1.54) is 25.5 Å². The summed E-state index contributed by atoms with van der Waals surface area (Å²) in [5.74, 6) is 0.238. The van der Waals surface area contributed by atoms with Gasteiger partial charge in [0.05, 0.1) is 12.7 Å². The maximum absolute atomic E-state index is 12.3. The first-order valence-corrected chi connectivity index (χ1v) is 9.70. The van der Waals surface area contributed by atoms with Crippen molar-refractivity contribution in [3.05, 3.63) is 12.0 Å². The van der Waals surface area contributed by atoms with Gasteiger partial charge in [0, 0.05) is 19.0 Å². The third-order valence-corrected chi connectivity index (χ3v) is 4.70. The average molecular weight is 368 g/mol. The summed E-state index contributed by atoms with van der Waals surface area (Å²) in [6.07, 6.45) is 7.52. The van der Waals surface area contributed by atoms with Crippen LogP contribution in [0.25, 0.3) is 0 Å². The second-order valence-electron chi connectivity index (χ2n) is 7.15. The lowest BCUT2D eigenvalue weighted by molar-refractivity contribution is -0.125. The van der Waals surface area contributed by atoms with Crippen molar-refractivity contribution in [2.24, 2.45) is 5.92 Å². The summed E-state index contributed by atoms with van der Waals surface area (Å²) in [5, 5.41) is 5.96. The van der Waals surface area contributed by atoms with Gasteiger partial charge in [0.2, 0.25) is 11.7 Å². The van der Waals surface area contributed by atoms with E-state index in [-0.39, 0.29) is 29.7 Å². The summed E-state index contributed by atoms with van der Waals surface area (Å²) in [6.45, 7) is 5.52. The summed E-state index contributed by atoms with van der Waals surface area (Å²) in [6, 6.07) is -0.0732. The first-order valence-electron chi connectivity index (χ1n) is 9.70. The van der Waals surface area contributed by atoms with Crippen LogP contribution in [0.1, 0.15) is 52.4 Å². The van der Waals surface area contributed by atoms with Crippen LogP contribution in [0.15, 0.2) is 12.0 Å². The zero-order chi connectivity index (χ0) is 18.8. The second kappa shape index (κ2) is 11.1. The summed E-state index contributed by atoms with van der Waals surface area (Å²) in [7, 11) is 0. The molecular weight excluding hydrogens is 336 g/mol. The molecule has 0 bridgehead atoms. The van der Waals surface area contributed by atoms with E-state index >= 15 is 0 Å². The first-order chi connectivity index (χ1) is 12.6. The maximum atomic E-state index is 12.3. The third kappa shape index (κ3) is 7.23.